The van der Waals surface area contributed by atoms with Crippen LogP contribution in [0.4, 0.5) is 0 Å². The van der Waals surface area contributed by atoms with E-state index in [0.29, 0.717) is 4.47 Å². The quantitative estimate of drug-likeness (QED) is 0.648. The Balaban J connectivity index is 3.24. The van der Waals surface area contributed by atoms with E-state index >= 15 is 0 Å². The zero-order chi connectivity index (χ0) is 16.2. The van der Waals surface area contributed by atoms with Crippen LogP contribution in [0.1, 0.15) is 13.8 Å². The minimum atomic E-state index is -4.17. The summed E-state index contributed by atoms with van der Waals surface area (Å²) in [5.74, 6) is -1.37. The van der Waals surface area contributed by atoms with Gasteiger partial charge in [0, 0.05) is 4.47 Å². The van der Waals surface area contributed by atoms with Crippen LogP contribution in [0.2, 0.25) is 0 Å². The molecule has 0 aliphatic heterocycles. The van der Waals surface area contributed by atoms with Crippen molar-refractivity contribution in [3.05, 3.63) is 22.7 Å². The van der Waals surface area contributed by atoms with E-state index in [2.05, 4.69) is 15.9 Å². The standard InChI is InChI=1S/C12H16BrNO6S/c1-3-20-9-5-4-8(13)6-10(9)21(18,19)14-11(7(2)15)12(16)17/h4-7,11,14-15H,3H2,1-2H3,(H,16,17). The third kappa shape index (κ3) is 4.67. The molecule has 9 heteroatoms. The number of hydrogen-bond donors (Lipinski definition) is 3. The van der Waals surface area contributed by atoms with Crippen molar-refractivity contribution < 1.29 is 28.2 Å². The number of hydrogen-bond acceptors (Lipinski definition) is 5. The number of sulfonamides is 1. The average molecular weight is 382 g/mol. The number of aliphatic carboxylic acids is 1. The van der Waals surface area contributed by atoms with E-state index in [1.54, 1.807) is 13.0 Å². The van der Waals surface area contributed by atoms with Crippen LogP contribution in [0.5, 0.6) is 5.75 Å². The normalized spacial score (nSPS) is 14.5. The van der Waals surface area contributed by atoms with Gasteiger partial charge in [-0.1, -0.05) is 15.9 Å². The molecule has 3 N–H and O–H groups in total. The highest BCUT2D eigenvalue weighted by molar-refractivity contribution is 9.10. The van der Waals surface area contributed by atoms with Crippen molar-refractivity contribution in [3.8, 4) is 5.75 Å². The maximum absolute atomic E-state index is 12.3. The third-order valence-electron chi connectivity index (χ3n) is 2.53. The number of carboxylic acid groups (broad SMARTS) is 1. The predicted molar refractivity (Wildman–Crippen MR) is 78.7 cm³/mol. The summed E-state index contributed by atoms with van der Waals surface area (Å²) in [5.41, 5.74) is 0. The number of aliphatic hydroxyl groups excluding tert-OH is 1. The van der Waals surface area contributed by atoms with E-state index in [9.17, 15) is 18.3 Å². The lowest BCUT2D eigenvalue weighted by molar-refractivity contribution is -0.141. The third-order valence-corrected chi connectivity index (χ3v) is 4.48. The molecule has 21 heavy (non-hydrogen) atoms. The van der Waals surface area contributed by atoms with Crippen LogP contribution in [0.25, 0.3) is 0 Å². The van der Waals surface area contributed by atoms with Crippen LogP contribution in [-0.2, 0) is 14.8 Å². The lowest BCUT2D eigenvalue weighted by Gasteiger charge is -2.18. The summed E-state index contributed by atoms with van der Waals surface area (Å²) >= 11 is 3.15. The number of nitrogens with one attached hydrogen (secondary N) is 1. The summed E-state index contributed by atoms with van der Waals surface area (Å²) in [6.45, 7) is 3.14. The molecule has 7 nitrogen and oxygen atoms in total. The Morgan fingerprint density at radius 1 is 1.48 bits per heavy atom. The summed E-state index contributed by atoms with van der Waals surface area (Å²) < 4.78 is 32.3. The van der Waals surface area contributed by atoms with Crippen LogP contribution >= 0.6 is 15.9 Å². The largest absolute Gasteiger partial charge is 0.492 e. The number of benzene rings is 1. The van der Waals surface area contributed by atoms with E-state index in [0.717, 1.165) is 0 Å². The molecule has 0 amide bonds. The van der Waals surface area contributed by atoms with Gasteiger partial charge in [0.1, 0.15) is 16.7 Å². The molecule has 0 fully saturated rings. The minimum absolute atomic E-state index is 0.0999. The maximum atomic E-state index is 12.3. The van der Waals surface area contributed by atoms with E-state index in [4.69, 9.17) is 9.84 Å². The van der Waals surface area contributed by atoms with Crippen LogP contribution in [0, 0.1) is 0 Å². The summed E-state index contributed by atoms with van der Waals surface area (Å²) in [5, 5.41) is 18.3. The van der Waals surface area contributed by atoms with Crippen LogP contribution in [0.3, 0.4) is 0 Å². The van der Waals surface area contributed by atoms with Crippen LogP contribution in [0.15, 0.2) is 27.6 Å². The molecule has 0 aromatic heterocycles. The number of carboxylic acids is 1. The van der Waals surface area contributed by atoms with E-state index in [-0.39, 0.29) is 17.3 Å². The number of halogens is 1. The molecule has 1 aromatic rings. The van der Waals surface area contributed by atoms with Crippen LogP contribution < -0.4 is 9.46 Å². The average Bonchev–Trinajstić information content (AvgIpc) is 2.37. The summed E-state index contributed by atoms with van der Waals surface area (Å²) in [7, 11) is -4.17. The topological polar surface area (TPSA) is 113 Å². The van der Waals surface area contributed by atoms with Gasteiger partial charge in [-0.15, -0.1) is 0 Å². The zero-order valence-electron chi connectivity index (χ0n) is 11.4. The molecule has 0 radical (unpaired) electrons. The second-order valence-electron chi connectivity index (χ2n) is 4.20. The number of carbonyl (C=O) groups is 1. The molecular weight excluding hydrogens is 366 g/mol. The molecule has 2 unspecified atom stereocenters. The zero-order valence-corrected chi connectivity index (χ0v) is 13.8. The van der Waals surface area contributed by atoms with Gasteiger partial charge in [-0.3, -0.25) is 4.79 Å². The smallest absolute Gasteiger partial charge is 0.324 e. The van der Waals surface area contributed by atoms with Gasteiger partial charge in [0.25, 0.3) is 0 Å². The Hall–Kier alpha value is -1.16. The molecular formula is C12H16BrNO6S. The highest BCUT2D eigenvalue weighted by Gasteiger charge is 2.31. The fraction of sp³-hybridized carbons (Fsp3) is 0.417. The van der Waals surface area contributed by atoms with Gasteiger partial charge in [0.05, 0.1) is 12.7 Å². The molecule has 0 heterocycles. The fourth-order valence-corrected chi connectivity index (χ4v) is 3.50. The summed E-state index contributed by atoms with van der Waals surface area (Å²) in [4.78, 5) is 10.8. The van der Waals surface area contributed by atoms with Gasteiger partial charge in [-0.25, -0.2) is 8.42 Å². The van der Waals surface area contributed by atoms with Crippen molar-refractivity contribution in [3.63, 3.8) is 0 Å². The van der Waals surface area contributed by atoms with E-state index < -0.39 is 28.1 Å². The minimum Gasteiger partial charge on any atom is -0.492 e. The van der Waals surface area contributed by atoms with Gasteiger partial charge in [0.2, 0.25) is 10.0 Å². The Labute approximate surface area is 131 Å². The molecule has 0 saturated carbocycles. The van der Waals surface area contributed by atoms with Crippen molar-refractivity contribution in [2.24, 2.45) is 0 Å². The Kier molecular flexibility index (Phi) is 6.14. The lowest BCUT2D eigenvalue weighted by Crippen LogP contribution is -2.47. The van der Waals surface area contributed by atoms with Gasteiger partial charge in [-0.05, 0) is 32.0 Å². The first-order chi connectivity index (χ1) is 9.69. The Bertz CT molecular complexity index is 616. The summed E-state index contributed by atoms with van der Waals surface area (Å²) in [6, 6.07) is 2.71. The number of aliphatic hydroxyl groups is 1. The van der Waals surface area contributed by atoms with Crippen molar-refractivity contribution in [1.29, 1.82) is 0 Å². The first-order valence-corrected chi connectivity index (χ1v) is 8.32. The number of ether oxygens (including phenoxy) is 1. The van der Waals surface area contributed by atoms with Crippen molar-refractivity contribution in [1.82, 2.24) is 4.72 Å². The first-order valence-electron chi connectivity index (χ1n) is 6.04. The second kappa shape index (κ2) is 7.21. The second-order valence-corrected chi connectivity index (χ2v) is 6.80. The fourth-order valence-electron chi connectivity index (χ4n) is 1.55. The van der Waals surface area contributed by atoms with Crippen LogP contribution in [-0.4, -0.2) is 43.4 Å². The SMILES string of the molecule is CCOc1ccc(Br)cc1S(=O)(=O)NC(C(=O)O)C(C)O. The van der Waals surface area contributed by atoms with Crippen molar-refractivity contribution in [2.45, 2.75) is 30.9 Å². The maximum Gasteiger partial charge on any atom is 0.324 e. The van der Waals surface area contributed by atoms with Gasteiger partial charge >= 0.3 is 5.97 Å². The molecule has 0 spiro atoms. The molecule has 0 bridgehead atoms. The molecule has 118 valence electrons. The molecule has 0 saturated heterocycles. The molecule has 2 atom stereocenters. The highest BCUT2D eigenvalue weighted by atomic mass is 79.9. The summed E-state index contributed by atoms with van der Waals surface area (Å²) in [6.07, 6.45) is -1.39. The monoisotopic (exact) mass is 381 g/mol. The van der Waals surface area contributed by atoms with Gasteiger partial charge in [0.15, 0.2) is 0 Å². The van der Waals surface area contributed by atoms with E-state index in [1.807, 2.05) is 4.72 Å². The highest BCUT2D eigenvalue weighted by Crippen LogP contribution is 2.27. The van der Waals surface area contributed by atoms with Gasteiger partial charge in [-0.2, -0.15) is 4.72 Å². The first kappa shape index (κ1) is 17.9. The molecule has 1 rings (SSSR count). The predicted octanol–water partition coefficient (Wildman–Crippen LogP) is 0.960. The van der Waals surface area contributed by atoms with Crippen molar-refractivity contribution in [2.75, 3.05) is 6.61 Å². The van der Waals surface area contributed by atoms with Gasteiger partial charge < -0.3 is 14.9 Å². The van der Waals surface area contributed by atoms with Crippen molar-refractivity contribution >= 4 is 31.9 Å². The number of rotatable bonds is 7. The molecule has 0 aliphatic carbocycles. The molecule has 0 aliphatic rings. The molecule has 1 aromatic carbocycles. The van der Waals surface area contributed by atoms with E-state index in [1.165, 1.54) is 19.1 Å². The lowest BCUT2D eigenvalue weighted by atomic mass is 10.2. The Morgan fingerprint density at radius 2 is 2.10 bits per heavy atom. The Morgan fingerprint density at radius 3 is 2.57 bits per heavy atom.